The summed E-state index contributed by atoms with van der Waals surface area (Å²) in [7, 11) is 1.78. The van der Waals surface area contributed by atoms with Crippen molar-refractivity contribution in [1.82, 2.24) is 0 Å². The van der Waals surface area contributed by atoms with Crippen molar-refractivity contribution in [3.05, 3.63) is 64.1 Å². The Kier molecular flexibility index (Phi) is 3.82. The van der Waals surface area contributed by atoms with Crippen LogP contribution in [0, 0.1) is 6.92 Å². The fraction of sp³-hybridized carbons (Fsp3) is 0.133. The highest BCUT2D eigenvalue weighted by Gasteiger charge is 2.15. The van der Waals surface area contributed by atoms with Crippen LogP contribution in [0.3, 0.4) is 0 Å². The molecular weight excluding hydrogens is 290 g/mol. The van der Waals surface area contributed by atoms with Crippen molar-refractivity contribution in [2.45, 2.75) is 6.92 Å². The average molecular weight is 304 g/mol. The van der Waals surface area contributed by atoms with Crippen molar-refractivity contribution in [2.24, 2.45) is 0 Å². The van der Waals surface area contributed by atoms with Gasteiger partial charge < -0.3 is 4.90 Å². The highest BCUT2D eigenvalue weighted by Crippen LogP contribution is 2.21. The van der Waals surface area contributed by atoms with E-state index in [1.54, 1.807) is 11.9 Å². The van der Waals surface area contributed by atoms with E-state index in [0.29, 0.717) is 5.56 Å². The first kappa shape index (κ1) is 12.8. The van der Waals surface area contributed by atoms with Crippen LogP contribution in [0.5, 0.6) is 0 Å². The Balaban J connectivity index is 2.29. The molecule has 0 saturated heterocycles. The van der Waals surface area contributed by atoms with E-state index in [2.05, 4.69) is 15.9 Å². The van der Waals surface area contributed by atoms with Crippen LogP contribution in [0.2, 0.25) is 0 Å². The second-order valence-electron chi connectivity index (χ2n) is 4.18. The van der Waals surface area contributed by atoms with E-state index in [1.165, 1.54) is 5.56 Å². The number of hydrogen-bond donors (Lipinski definition) is 0. The molecule has 0 aliphatic heterocycles. The molecule has 1 amide bonds. The SMILES string of the molecule is Cc1ccc(N(C)C(=O)c2ccccc2Br)cc1. The second kappa shape index (κ2) is 5.36. The number of halogens is 1. The Morgan fingerprint density at radius 2 is 1.67 bits per heavy atom. The number of benzene rings is 2. The van der Waals surface area contributed by atoms with E-state index < -0.39 is 0 Å². The van der Waals surface area contributed by atoms with Crippen LogP contribution in [-0.2, 0) is 0 Å². The van der Waals surface area contributed by atoms with Crippen LogP contribution in [0.4, 0.5) is 5.69 Å². The topological polar surface area (TPSA) is 20.3 Å². The molecule has 0 saturated carbocycles. The monoisotopic (exact) mass is 303 g/mol. The number of anilines is 1. The predicted molar refractivity (Wildman–Crippen MR) is 78.1 cm³/mol. The molecule has 92 valence electrons. The van der Waals surface area contributed by atoms with Gasteiger partial charge in [-0.25, -0.2) is 0 Å². The van der Waals surface area contributed by atoms with Gasteiger partial charge in [0.05, 0.1) is 5.56 Å². The van der Waals surface area contributed by atoms with Crippen molar-refractivity contribution >= 4 is 27.5 Å². The summed E-state index contributed by atoms with van der Waals surface area (Å²) in [5, 5.41) is 0. The molecular formula is C15H14BrNO. The maximum absolute atomic E-state index is 12.3. The molecule has 2 aromatic carbocycles. The molecule has 0 fully saturated rings. The summed E-state index contributed by atoms with van der Waals surface area (Å²) in [6.45, 7) is 2.03. The van der Waals surface area contributed by atoms with Gasteiger partial charge in [-0.2, -0.15) is 0 Å². The van der Waals surface area contributed by atoms with Gasteiger partial charge in [0.1, 0.15) is 0 Å². The van der Waals surface area contributed by atoms with Crippen LogP contribution < -0.4 is 4.90 Å². The summed E-state index contributed by atoms with van der Waals surface area (Å²) in [5.41, 5.74) is 2.74. The molecule has 0 unspecified atom stereocenters. The first-order valence-corrected chi connectivity index (χ1v) is 6.48. The third kappa shape index (κ3) is 2.62. The molecule has 2 nitrogen and oxygen atoms in total. The number of rotatable bonds is 2. The van der Waals surface area contributed by atoms with Crippen LogP contribution >= 0.6 is 15.9 Å². The molecule has 0 bridgehead atoms. The first-order valence-electron chi connectivity index (χ1n) is 5.69. The zero-order valence-electron chi connectivity index (χ0n) is 10.4. The molecule has 0 aliphatic rings. The smallest absolute Gasteiger partial charge is 0.259 e. The van der Waals surface area contributed by atoms with E-state index in [0.717, 1.165) is 10.2 Å². The fourth-order valence-electron chi connectivity index (χ4n) is 1.70. The van der Waals surface area contributed by atoms with Crippen molar-refractivity contribution in [1.29, 1.82) is 0 Å². The van der Waals surface area contributed by atoms with Gasteiger partial charge in [-0.3, -0.25) is 4.79 Å². The van der Waals surface area contributed by atoms with Crippen molar-refractivity contribution in [3.63, 3.8) is 0 Å². The molecule has 0 spiro atoms. The van der Waals surface area contributed by atoms with E-state index in [4.69, 9.17) is 0 Å². The molecule has 0 atom stereocenters. The fourth-order valence-corrected chi connectivity index (χ4v) is 2.16. The lowest BCUT2D eigenvalue weighted by Gasteiger charge is -2.18. The van der Waals surface area contributed by atoms with E-state index in [9.17, 15) is 4.79 Å². The van der Waals surface area contributed by atoms with Crippen molar-refractivity contribution in [3.8, 4) is 0 Å². The summed E-state index contributed by atoms with van der Waals surface area (Å²) < 4.78 is 0.814. The Morgan fingerprint density at radius 1 is 1.06 bits per heavy atom. The summed E-state index contributed by atoms with van der Waals surface area (Å²) in [6, 6.07) is 15.3. The molecule has 18 heavy (non-hydrogen) atoms. The minimum atomic E-state index is -0.0219. The van der Waals surface area contributed by atoms with Gasteiger partial charge in [0.2, 0.25) is 0 Å². The van der Waals surface area contributed by atoms with Crippen molar-refractivity contribution in [2.75, 3.05) is 11.9 Å². The van der Waals surface area contributed by atoms with Gasteiger partial charge in [0, 0.05) is 17.2 Å². The predicted octanol–water partition coefficient (Wildman–Crippen LogP) is 4.03. The highest BCUT2D eigenvalue weighted by molar-refractivity contribution is 9.10. The zero-order valence-corrected chi connectivity index (χ0v) is 11.9. The summed E-state index contributed by atoms with van der Waals surface area (Å²) in [6.07, 6.45) is 0. The van der Waals surface area contributed by atoms with Gasteiger partial charge in [-0.1, -0.05) is 29.8 Å². The maximum atomic E-state index is 12.3. The first-order chi connectivity index (χ1) is 8.59. The third-order valence-corrected chi connectivity index (χ3v) is 3.52. The summed E-state index contributed by atoms with van der Waals surface area (Å²) in [4.78, 5) is 14.0. The number of aryl methyl sites for hydroxylation is 1. The minimum Gasteiger partial charge on any atom is -0.311 e. The zero-order chi connectivity index (χ0) is 13.1. The van der Waals surface area contributed by atoms with Gasteiger partial charge >= 0.3 is 0 Å². The van der Waals surface area contributed by atoms with Gasteiger partial charge in [0.25, 0.3) is 5.91 Å². The van der Waals surface area contributed by atoms with Crippen LogP contribution in [0.1, 0.15) is 15.9 Å². The average Bonchev–Trinajstić information content (AvgIpc) is 2.38. The molecule has 2 aromatic rings. The molecule has 0 radical (unpaired) electrons. The standard InChI is InChI=1S/C15H14BrNO/c1-11-7-9-12(10-8-11)17(2)15(18)13-5-3-4-6-14(13)16/h3-10H,1-2H3. The van der Waals surface area contributed by atoms with E-state index >= 15 is 0 Å². The van der Waals surface area contributed by atoms with Gasteiger partial charge in [-0.15, -0.1) is 0 Å². The molecule has 2 rings (SSSR count). The van der Waals surface area contributed by atoms with Crippen LogP contribution in [-0.4, -0.2) is 13.0 Å². The van der Waals surface area contributed by atoms with Crippen molar-refractivity contribution < 1.29 is 4.79 Å². The third-order valence-electron chi connectivity index (χ3n) is 2.83. The molecule has 0 aromatic heterocycles. The highest BCUT2D eigenvalue weighted by atomic mass is 79.9. The molecule has 3 heteroatoms. The Morgan fingerprint density at radius 3 is 2.28 bits per heavy atom. The van der Waals surface area contributed by atoms with Gasteiger partial charge in [0.15, 0.2) is 0 Å². The molecule has 0 aliphatic carbocycles. The quantitative estimate of drug-likeness (QED) is 0.820. The number of amides is 1. The maximum Gasteiger partial charge on any atom is 0.259 e. The number of carbonyl (C=O) groups is 1. The van der Waals surface area contributed by atoms with Crippen LogP contribution in [0.25, 0.3) is 0 Å². The number of hydrogen-bond acceptors (Lipinski definition) is 1. The van der Waals surface area contributed by atoms with E-state index in [-0.39, 0.29) is 5.91 Å². The second-order valence-corrected chi connectivity index (χ2v) is 5.03. The summed E-state index contributed by atoms with van der Waals surface area (Å²) in [5.74, 6) is -0.0219. The van der Waals surface area contributed by atoms with Crippen LogP contribution in [0.15, 0.2) is 53.0 Å². The lowest BCUT2D eigenvalue weighted by atomic mass is 10.1. The number of carbonyl (C=O) groups excluding carboxylic acids is 1. The lowest BCUT2D eigenvalue weighted by Crippen LogP contribution is -2.26. The van der Waals surface area contributed by atoms with Gasteiger partial charge in [-0.05, 0) is 47.1 Å². The number of nitrogens with zero attached hydrogens (tertiary/aromatic N) is 1. The van der Waals surface area contributed by atoms with E-state index in [1.807, 2.05) is 55.5 Å². The lowest BCUT2D eigenvalue weighted by molar-refractivity contribution is 0.0992. The normalized spacial score (nSPS) is 10.2. The summed E-state index contributed by atoms with van der Waals surface area (Å²) >= 11 is 3.40. The largest absolute Gasteiger partial charge is 0.311 e. The Hall–Kier alpha value is -1.61. The molecule has 0 heterocycles. The minimum absolute atomic E-state index is 0.0219. The molecule has 0 N–H and O–H groups in total. The Bertz CT molecular complexity index is 563. The Labute approximate surface area is 115 Å².